The molecule has 30 heavy (non-hydrogen) atoms. The summed E-state index contributed by atoms with van der Waals surface area (Å²) in [7, 11) is 0. The maximum atomic E-state index is 13.4. The summed E-state index contributed by atoms with van der Waals surface area (Å²) in [5, 5.41) is 3.21. The molecule has 4 rings (SSSR count). The molecule has 0 radical (unpaired) electrons. The van der Waals surface area contributed by atoms with Crippen molar-refractivity contribution in [2.24, 2.45) is 5.92 Å². The van der Waals surface area contributed by atoms with Gasteiger partial charge >= 0.3 is 0 Å². The first-order chi connectivity index (χ1) is 14.7. The van der Waals surface area contributed by atoms with Gasteiger partial charge in [-0.2, -0.15) is 0 Å². The van der Waals surface area contributed by atoms with Crippen LogP contribution in [0.2, 0.25) is 0 Å². The Labute approximate surface area is 189 Å². The summed E-state index contributed by atoms with van der Waals surface area (Å²) in [6, 6.07) is 8.07. The summed E-state index contributed by atoms with van der Waals surface area (Å²) in [5.41, 5.74) is 1.94. The van der Waals surface area contributed by atoms with Crippen molar-refractivity contribution in [3.05, 3.63) is 45.9 Å². The third kappa shape index (κ3) is 5.86. The summed E-state index contributed by atoms with van der Waals surface area (Å²) >= 11 is 3.40. The Morgan fingerprint density at radius 1 is 1.10 bits per heavy atom. The molecule has 1 aromatic carbocycles. The zero-order chi connectivity index (χ0) is 20.8. The van der Waals surface area contributed by atoms with Gasteiger partial charge in [-0.05, 0) is 50.8 Å². The molecule has 1 aromatic heterocycles. The number of thioether (sulfide) groups is 1. The molecule has 162 valence electrons. The molecule has 0 unspecified atom stereocenters. The fraction of sp³-hybridized carbons (Fsp3) is 0.583. The number of aromatic nitrogens is 1. The number of amides is 1. The van der Waals surface area contributed by atoms with E-state index in [4.69, 9.17) is 0 Å². The Morgan fingerprint density at radius 3 is 2.73 bits per heavy atom. The number of carbonyl (C=O) groups excluding carboxylic acids is 1. The number of hydrogen-bond acceptors (Lipinski definition) is 5. The van der Waals surface area contributed by atoms with Crippen molar-refractivity contribution >= 4 is 29.0 Å². The summed E-state index contributed by atoms with van der Waals surface area (Å²) < 4.78 is 0. The first kappa shape index (κ1) is 21.8. The van der Waals surface area contributed by atoms with E-state index in [1.165, 1.54) is 38.6 Å². The van der Waals surface area contributed by atoms with Gasteiger partial charge in [0.2, 0.25) is 0 Å². The van der Waals surface area contributed by atoms with E-state index in [-0.39, 0.29) is 5.91 Å². The molecule has 1 amide bonds. The molecule has 1 aliphatic carbocycles. The van der Waals surface area contributed by atoms with Gasteiger partial charge in [-0.1, -0.05) is 31.4 Å². The van der Waals surface area contributed by atoms with Crippen molar-refractivity contribution in [2.75, 3.05) is 32.7 Å². The third-order valence-electron chi connectivity index (χ3n) is 6.28. The third-order valence-corrected chi connectivity index (χ3v) is 8.21. The van der Waals surface area contributed by atoms with Crippen molar-refractivity contribution < 1.29 is 4.79 Å². The molecule has 2 fully saturated rings. The van der Waals surface area contributed by atoms with Crippen molar-refractivity contribution in [3.63, 3.8) is 0 Å². The quantitative estimate of drug-likeness (QED) is 0.555. The van der Waals surface area contributed by atoms with Crippen LogP contribution in [0.25, 0.3) is 0 Å². The van der Waals surface area contributed by atoms with E-state index in [0.29, 0.717) is 0 Å². The maximum Gasteiger partial charge on any atom is 0.255 e. The number of carbonyl (C=O) groups is 1. The lowest BCUT2D eigenvalue weighted by Crippen LogP contribution is -2.37. The molecular formula is C24H33N3OS2. The zero-order valence-corrected chi connectivity index (χ0v) is 19.6. The Kier molecular flexibility index (Phi) is 7.85. The largest absolute Gasteiger partial charge is 0.337 e. The minimum Gasteiger partial charge on any atom is -0.337 e. The molecule has 2 heterocycles. The molecule has 0 bridgehead atoms. The monoisotopic (exact) mass is 443 g/mol. The molecular weight excluding hydrogens is 410 g/mol. The van der Waals surface area contributed by atoms with E-state index in [1.807, 2.05) is 25.1 Å². The lowest BCUT2D eigenvalue weighted by molar-refractivity contribution is 0.0756. The molecule has 1 aliphatic heterocycles. The number of thiazole rings is 1. The number of hydrogen-bond donors (Lipinski definition) is 0. The van der Waals surface area contributed by atoms with Gasteiger partial charge in [0.05, 0.1) is 16.3 Å². The predicted molar refractivity (Wildman–Crippen MR) is 126 cm³/mol. The van der Waals surface area contributed by atoms with Crippen LogP contribution < -0.4 is 0 Å². The van der Waals surface area contributed by atoms with Crippen molar-refractivity contribution in [2.45, 2.75) is 56.1 Å². The second-order valence-electron chi connectivity index (χ2n) is 8.59. The van der Waals surface area contributed by atoms with Gasteiger partial charge in [0, 0.05) is 42.2 Å². The fourth-order valence-corrected chi connectivity index (χ4v) is 6.31. The fourth-order valence-electron chi connectivity index (χ4n) is 4.66. The molecule has 6 heteroatoms. The Balaban J connectivity index is 1.35. The molecule has 2 aliphatic rings. The first-order valence-corrected chi connectivity index (χ1v) is 13.2. The summed E-state index contributed by atoms with van der Waals surface area (Å²) in [6.07, 6.45) is 8.07. The van der Waals surface area contributed by atoms with E-state index in [0.717, 1.165) is 65.4 Å². The van der Waals surface area contributed by atoms with Gasteiger partial charge in [-0.25, -0.2) is 4.98 Å². The van der Waals surface area contributed by atoms with Crippen LogP contribution >= 0.6 is 23.1 Å². The van der Waals surface area contributed by atoms with Crippen LogP contribution in [-0.2, 0) is 5.75 Å². The van der Waals surface area contributed by atoms with Gasteiger partial charge in [0.15, 0.2) is 0 Å². The minimum atomic E-state index is 0.187. The average Bonchev–Trinajstić information content (AvgIpc) is 3.05. The average molecular weight is 444 g/mol. The molecule has 2 aromatic rings. The Hall–Kier alpha value is -1.37. The zero-order valence-electron chi connectivity index (χ0n) is 18.0. The standard InChI is InChI=1S/C24H33N3OS2/c1-19-25-21(17-29-19)18-30-23-11-6-5-10-22(23)24(28)27-13-7-12-26(14-15-27)16-20-8-3-2-4-9-20/h5-6,10-11,17,20H,2-4,7-9,12-16,18H2,1H3. The number of benzene rings is 1. The Bertz CT molecular complexity index is 831. The van der Waals surface area contributed by atoms with Crippen LogP contribution in [0, 0.1) is 12.8 Å². The van der Waals surface area contributed by atoms with E-state index in [9.17, 15) is 4.79 Å². The molecule has 4 nitrogen and oxygen atoms in total. The molecule has 1 saturated carbocycles. The lowest BCUT2D eigenvalue weighted by Gasteiger charge is -2.29. The van der Waals surface area contributed by atoms with Crippen LogP contribution in [-0.4, -0.2) is 53.4 Å². The van der Waals surface area contributed by atoms with E-state index < -0.39 is 0 Å². The van der Waals surface area contributed by atoms with Crippen LogP contribution in [0.4, 0.5) is 0 Å². The summed E-state index contributed by atoms with van der Waals surface area (Å²) in [6.45, 7) is 7.10. The second-order valence-corrected chi connectivity index (χ2v) is 10.7. The predicted octanol–water partition coefficient (Wildman–Crippen LogP) is 5.47. The van der Waals surface area contributed by atoms with Crippen LogP contribution in [0.3, 0.4) is 0 Å². The van der Waals surface area contributed by atoms with E-state index in [2.05, 4.69) is 26.2 Å². The minimum absolute atomic E-state index is 0.187. The molecule has 0 spiro atoms. The first-order valence-electron chi connectivity index (χ1n) is 11.3. The SMILES string of the molecule is Cc1nc(CSc2ccccc2C(=O)N2CCCN(CC3CCCCC3)CC2)cs1. The number of rotatable bonds is 6. The highest BCUT2D eigenvalue weighted by atomic mass is 32.2. The normalized spacial score (nSPS) is 19.0. The topological polar surface area (TPSA) is 36.4 Å². The van der Waals surface area contributed by atoms with E-state index in [1.54, 1.807) is 23.1 Å². The van der Waals surface area contributed by atoms with Gasteiger partial charge < -0.3 is 9.80 Å². The molecule has 0 atom stereocenters. The second kappa shape index (κ2) is 10.8. The van der Waals surface area contributed by atoms with Gasteiger partial charge in [-0.3, -0.25) is 4.79 Å². The highest BCUT2D eigenvalue weighted by Gasteiger charge is 2.24. The maximum absolute atomic E-state index is 13.4. The van der Waals surface area contributed by atoms with Crippen LogP contribution in [0.1, 0.15) is 59.6 Å². The van der Waals surface area contributed by atoms with Gasteiger partial charge in [0.1, 0.15) is 0 Å². The smallest absolute Gasteiger partial charge is 0.255 e. The molecule has 0 N–H and O–H groups in total. The van der Waals surface area contributed by atoms with Crippen LogP contribution in [0.5, 0.6) is 0 Å². The van der Waals surface area contributed by atoms with Gasteiger partial charge in [-0.15, -0.1) is 23.1 Å². The summed E-state index contributed by atoms with van der Waals surface area (Å²) in [4.78, 5) is 23.7. The van der Waals surface area contributed by atoms with E-state index >= 15 is 0 Å². The Morgan fingerprint density at radius 2 is 1.93 bits per heavy atom. The van der Waals surface area contributed by atoms with Crippen molar-refractivity contribution in [1.29, 1.82) is 0 Å². The summed E-state index contributed by atoms with van der Waals surface area (Å²) in [5.74, 6) is 1.86. The highest BCUT2D eigenvalue weighted by Crippen LogP contribution is 2.28. The lowest BCUT2D eigenvalue weighted by atomic mass is 9.89. The highest BCUT2D eigenvalue weighted by molar-refractivity contribution is 7.98. The number of nitrogens with zero attached hydrogens (tertiary/aromatic N) is 3. The van der Waals surface area contributed by atoms with Gasteiger partial charge in [0.25, 0.3) is 5.91 Å². The van der Waals surface area contributed by atoms with Crippen molar-refractivity contribution in [3.8, 4) is 0 Å². The number of aryl methyl sites for hydroxylation is 1. The van der Waals surface area contributed by atoms with Crippen molar-refractivity contribution in [1.82, 2.24) is 14.8 Å². The molecule has 1 saturated heterocycles. The van der Waals surface area contributed by atoms with Crippen LogP contribution in [0.15, 0.2) is 34.5 Å².